The van der Waals surface area contributed by atoms with Crippen LogP contribution in [0.3, 0.4) is 0 Å². The van der Waals surface area contributed by atoms with E-state index in [1.807, 2.05) is 87.5 Å². The summed E-state index contributed by atoms with van der Waals surface area (Å²) < 4.78 is 0. The maximum atomic E-state index is 14.0. The molecule has 1 spiro atoms. The van der Waals surface area contributed by atoms with Gasteiger partial charge in [0.15, 0.2) is 0 Å². The van der Waals surface area contributed by atoms with Crippen LogP contribution >= 0.6 is 11.8 Å². The van der Waals surface area contributed by atoms with Gasteiger partial charge in [0.05, 0.1) is 11.4 Å². The first-order valence-electron chi connectivity index (χ1n) is 11.1. The van der Waals surface area contributed by atoms with E-state index in [9.17, 15) is 14.4 Å². The number of hydrogen-bond acceptors (Lipinski definition) is 4. The van der Waals surface area contributed by atoms with Gasteiger partial charge >= 0.3 is 0 Å². The molecule has 1 N–H and O–H groups in total. The summed E-state index contributed by atoms with van der Waals surface area (Å²) in [5.74, 6) is -0.496. The quantitative estimate of drug-likeness (QED) is 0.607. The Hall–Kier alpha value is -3.58. The van der Waals surface area contributed by atoms with Crippen LogP contribution in [-0.2, 0) is 19.3 Å². The van der Waals surface area contributed by atoms with Crippen LogP contribution < -0.4 is 15.1 Å². The van der Waals surface area contributed by atoms with Crippen LogP contribution in [-0.4, -0.2) is 30.0 Å². The van der Waals surface area contributed by atoms with Crippen molar-refractivity contribution in [3.63, 3.8) is 0 Å². The number of hydrogen-bond donors (Lipinski definition) is 1. The Morgan fingerprint density at radius 1 is 0.971 bits per heavy atom. The van der Waals surface area contributed by atoms with Crippen molar-refractivity contribution in [3.05, 3.63) is 89.0 Å². The molecule has 0 radical (unpaired) electrons. The minimum Gasteiger partial charge on any atom is -0.324 e. The third-order valence-corrected chi connectivity index (χ3v) is 7.68. The molecular formula is C27H25N3O3S. The molecule has 172 valence electrons. The molecule has 5 rings (SSSR count). The molecule has 3 aromatic carbocycles. The maximum Gasteiger partial charge on any atom is 0.269 e. The topological polar surface area (TPSA) is 69.7 Å². The zero-order chi connectivity index (χ0) is 24.0. The lowest BCUT2D eigenvalue weighted by molar-refractivity contribution is -0.124. The third-order valence-electron chi connectivity index (χ3n) is 6.29. The highest BCUT2D eigenvalue weighted by Crippen LogP contribution is 2.55. The van der Waals surface area contributed by atoms with Crippen molar-refractivity contribution >= 4 is 46.5 Å². The van der Waals surface area contributed by atoms with Gasteiger partial charge in [0.2, 0.25) is 16.7 Å². The number of carbonyl (C=O) groups excluding carboxylic acids is 3. The lowest BCUT2D eigenvalue weighted by atomic mass is 10.0. The molecule has 3 aromatic rings. The van der Waals surface area contributed by atoms with Crippen molar-refractivity contribution in [1.82, 2.24) is 0 Å². The van der Waals surface area contributed by atoms with E-state index in [2.05, 4.69) is 5.32 Å². The highest BCUT2D eigenvalue weighted by molar-refractivity contribution is 8.02. The van der Waals surface area contributed by atoms with Crippen LogP contribution in [0.2, 0.25) is 0 Å². The van der Waals surface area contributed by atoms with E-state index >= 15 is 0 Å². The number of anilines is 3. The smallest absolute Gasteiger partial charge is 0.269 e. The normalized spacial score (nSPS) is 19.1. The van der Waals surface area contributed by atoms with Gasteiger partial charge in [-0.05, 0) is 61.7 Å². The van der Waals surface area contributed by atoms with Crippen molar-refractivity contribution < 1.29 is 14.4 Å². The predicted molar refractivity (Wildman–Crippen MR) is 136 cm³/mol. The number of thioether (sulfide) groups is 1. The minimum atomic E-state index is -1.22. The van der Waals surface area contributed by atoms with Crippen LogP contribution in [0.5, 0.6) is 0 Å². The van der Waals surface area contributed by atoms with Gasteiger partial charge in [-0.2, -0.15) is 0 Å². The summed E-state index contributed by atoms with van der Waals surface area (Å²) in [6.07, 6.45) is 0. The first kappa shape index (κ1) is 22.2. The Labute approximate surface area is 202 Å². The van der Waals surface area contributed by atoms with E-state index in [4.69, 9.17) is 0 Å². The summed E-state index contributed by atoms with van der Waals surface area (Å²) in [5, 5.41) is 2.95. The summed E-state index contributed by atoms with van der Waals surface area (Å²) in [4.78, 5) is 42.1. The molecule has 1 atom stereocenters. The fraction of sp³-hybridized carbons (Fsp3) is 0.222. The van der Waals surface area contributed by atoms with Crippen LogP contribution in [0.15, 0.2) is 66.7 Å². The summed E-state index contributed by atoms with van der Waals surface area (Å²) in [7, 11) is 0. The average molecular weight is 472 g/mol. The molecule has 6 nitrogen and oxygen atoms in total. The molecule has 0 aliphatic carbocycles. The monoisotopic (exact) mass is 471 g/mol. The van der Waals surface area contributed by atoms with Gasteiger partial charge in [-0.25, -0.2) is 0 Å². The first-order valence-corrected chi connectivity index (χ1v) is 12.1. The molecule has 2 aliphatic rings. The molecule has 2 aliphatic heterocycles. The molecular weight excluding hydrogens is 446 g/mol. The van der Waals surface area contributed by atoms with Crippen molar-refractivity contribution in [1.29, 1.82) is 0 Å². The van der Waals surface area contributed by atoms with Gasteiger partial charge < -0.3 is 5.32 Å². The molecule has 7 heteroatoms. The molecule has 2 heterocycles. The number of nitrogens with zero attached hydrogens (tertiary/aromatic N) is 2. The SMILES string of the molecule is Cc1cccc(N2C(=O)CS[C@@]23C(=O)N(CC(=O)Nc2cc(C)ccc2C)c2ccccc23)c1. The largest absolute Gasteiger partial charge is 0.324 e. The molecule has 0 unspecified atom stereocenters. The molecule has 0 bridgehead atoms. The Morgan fingerprint density at radius 2 is 1.74 bits per heavy atom. The predicted octanol–water partition coefficient (Wildman–Crippen LogP) is 4.53. The second-order valence-electron chi connectivity index (χ2n) is 8.78. The van der Waals surface area contributed by atoms with Crippen molar-refractivity contribution in [2.45, 2.75) is 25.6 Å². The summed E-state index contributed by atoms with van der Waals surface area (Å²) >= 11 is 1.31. The van der Waals surface area contributed by atoms with Gasteiger partial charge in [0, 0.05) is 16.9 Å². The first-order chi connectivity index (χ1) is 16.3. The number of benzene rings is 3. The van der Waals surface area contributed by atoms with Crippen LogP contribution in [0.25, 0.3) is 0 Å². The lowest BCUT2D eigenvalue weighted by Crippen LogP contribution is -2.50. The van der Waals surface area contributed by atoms with Crippen molar-refractivity contribution in [2.75, 3.05) is 27.4 Å². The fourth-order valence-electron chi connectivity index (χ4n) is 4.68. The fourth-order valence-corrected chi connectivity index (χ4v) is 6.04. The highest BCUT2D eigenvalue weighted by Gasteiger charge is 2.61. The number of nitrogens with one attached hydrogen (secondary N) is 1. The average Bonchev–Trinajstić information content (AvgIpc) is 3.27. The number of aryl methyl sites for hydroxylation is 3. The third kappa shape index (κ3) is 3.47. The standard InChI is InChI=1S/C27H25N3O3S/c1-17-7-6-8-20(13-17)30-25(32)16-34-27(30)21-9-4-5-10-23(21)29(26(27)33)15-24(31)28-22-14-18(2)11-12-19(22)3/h4-14H,15-16H2,1-3H3,(H,28,31)/t27-/m0/s1. The van der Waals surface area contributed by atoms with Crippen molar-refractivity contribution in [3.8, 4) is 0 Å². The molecule has 34 heavy (non-hydrogen) atoms. The van der Waals surface area contributed by atoms with E-state index in [0.717, 1.165) is 27.9 Å². The summed E-state index contributed by atoms with van der Waals surface area (Å²) in [5.41, 5.74) is 5.79. The van der Waals surface area contributed by atoms with E-state index in [-0.39, 0.29) is 30.0 Å². The molecule has 1 fully saturated rings. The van der Waals surface area contributed by atoms with E-state index in [1.54, 1.807) is 4.90 Å². The Balaban J connectivity index is 1.52. The Bertz CT molecular complexity index is 1340. The molecule has 0 saturated carbocycles. The molecule has 3 amide bonds. The van der Waals surface area contributed by atoms with Crippen LogP contribution in [0, 0.1) is 20.8 Å². The second-order valence-corrected chi connectivity index (χ2v) is 9.94. The van der Waals surface area contributed by atoms with Crippen LogP contribution in [0.4, 0.5) is 17.1 Å². The molecule has 1 saturated heterocycles. The molecule has 0 aromatic heterocycles. The van der Waals surface area contributed by atoms with Gasteiger partial charge in [-0.3, -0.25) is 24.2 Å². The Kier molecular flexibility index (Phi) is 5.44. The number of para-hydroxylation sites is 1. The van der Waals surface area contributed by atoms with Gasteiger partial charge in [-0.15, -0.1) is 11.8 Å². The minimum absolute atomic E-state index is 0.125. The number of rotatable bonds is 4. The summed E-state index contributed by atoms with van der Waals surface area (Å²) in [6, 6.07) is 20.9. The Morgan fingerprint density at radius 3 is 2.53 bits per heavy atom. The van der Waals surface area contributed by atoms with Gasteiger partial charge in [0.25, 0.3) is 5.91 Å². The van der Waals surface area contributed by atoms with E-state index in [1.165, 1.54) is 16.7 Å². The second kappa shape index (κ2) is 8.33. The number of fused-ring (bicyclic) bond motifs is 2. The van der Waals surface area contributed by atoms with Crippen molar-refractivity contribution in [2.24, 2.45) is 0 Å². The highest BCUT2D eigenvalue weighted by atomic mass is 32.2. The van der Waals surface area contributed by atoms with Gasteiger partial charge in [-0.1, -0.05) is 42.5 Å². The van der Waals surface area contributed by atoms with E-state index in [0.29, 0.717) is 11.4 Å². The van der Waals surface area contributed by atoms with Gasteiger partial charge in [0.1, 0.15) is 6.54 Å². The number of carbonyl (C=O) groups is 3. The van der Waals surface area contributed by atoms with Crippen LogP contribution in [0.1, 0.15) is 22.3 Å². The summed E-state index contributed by atoms with van der Waals surface area (Å²) in [6.45, 7) is 5.72. The maximum absolute atomic E-state index is 14.0. The zero-order valence-corrected chi connectivity index (χ0v) is 20.1. The number of amides is 3. The van der Waals surface area contributed by atoms with E-state index < -0.39 is 4.87 Å². The zero-order valence-electron chi connectivity index (χ0n) is 19.3. The lowest BCUT2D eigenvalue weighted by Gasteiger charge is -2.33.